The van der Waals surface area contributed by atoms with E-state index in [9.17, 15) is 9.18 Å². The number of para-hydroxylation sites is 1. The minimum atomic E-state index is -1.85. The fraction of sp³-hybridized carbons (Fsp3) is 0.526. The van der Waals surface area contributed by atoms with Crippen LogP contribution in [0.15, 0.2) is 23.0 Å². The van der Waals surface area contributed by atoms with E-state index in [1.165, 1.54) is 6.07 Å². The average Bonchev–Trinajstić information content (AvgIpc) is 2.90. The lowest BCUT2D eigenvalue weighted by Crippen LogP contribution is -2.41. The Hall–Kier alpha value is -1.46. The van der Waals surface area contributed by atoms with Crippen LogP contribution >= 0.6 is 0 Å². The van der Waals surface area contributed by atoms with Gasteiger partial charge in [0.25, 0.3) is 5.56 Å². The largest absolute Gasteiger partial charge is 0.416 e. The summed E-state index contributed by atoms with van der Waals surface area (Å²) in [5, 5.41) is 0.975. The number of hydrogen-bond donors (Lipinski definition) is 1. The van der Waals surface area contributed by atoms with Gasteiger partial charge in [-0.3, -0.25) is 4.79 Å². The molecule has 0 radical (unpaired) electrons. The van der Waals surface area contributed by atoms with Crippen LogP contribution in [0.3, 0.4) is 0 Å². The minimum absolute atomic E-state index is 0.150. The minimum Gasteiger partial charge on any atom is -0.416 e. The van der Waals surface area contributed by atoms with E-state index in [1.54, 1.807) is 6.07 Å². The molecule has 0 saturated heterocycles. The second kappa shape index (κ2) is 5.81. The quantitative estimate of drug-likeness (QED) is 0.816. The molecule has 24 heavy (non-hydrogen) atoms. The topological polar surface area (TPSA) is 42.1 Å². The number of benzene rings is 1. The van der Waals surface area contributed by atoms with Crippen molar-refractivity contribution in [1.82, 2.24) is 4.98 Å². The van der Waals surface area contributed by atoms with Crippen LogP contribution in [-0.4, -0.2) is 19.9 Å². The number of aromatic amines is 1. The summed E-state index contributed by atoms with van der Waals surface area (Å²) >= 11 is 0. The van der Waals surface area contributed by atoms with Crippen molar-refractivity contribution in [2.45, 2.75) is 57.7 Å². The van der Waals surface area contributed by atoms with Gasteiger partial charge in [-0.2, -0.15) is 0 Å². The molecule has 3 nitrogen and oxygen atoms in total. The van der Waals surface area contributed by atoms with Gasteiger partial charge in [-0.25, -0.2) is 4.39 Å². The van der Waals surface area contributed by atoms with Gasteiger partial charge in [0.1, 0.15) is 5.82 Å². The molecule has 1 aliphatic carbocycles. The first-order valence-electron chi connectivity index (χ1n) is 8.59. The first kappa shape index (κ1) is 17.4. The summed E-state index contributed by atoms with van der Waals surface area (Å²) in [5.41, 5.74) is 1.96. The van der Waals surface area contributed by atoms with E-state index in [-0.39, 0.29) is 22.3 Å². The lowest BCUT2D eigenvalue weighted by Gasteiger charge is -2.37. The molecule has 1 aromatic heterocycles. The smallest absolute Gasteiger partial charge is 0.251 e. The van der Waals surface area contributed by atoms with Gasteiger partial charge in [-0.1, -0.05) is 32.9 Å². The Morgan fingerprint density at radius 2 is 2.04 bits per heavy atom. The predicted octanol–water partition coefficient (Wildman–Crippen LogP) is 4.72. The molecule has 0 bridgehead atoms. The van der Waals surface area contributed by atoms with Crippen LogP contribution in [0.1, 0.15) is 44.2 Å². The number of nitrogens with one attached hydrogen (secondary N) is 1. The van der Waals surface area contributed by atoms with Gasteiger partial charge >= 0.3 is 0 Å². The van der Waals surface area contributed by atoms with Gasteiger partial charge in [0.15, 0.2) is 8.32 Å². The SMILES string of the molecule is CC(C)(C)[Si](C)(C)OCC1CCc2c1c1cccc(F)c1[nH]c2=O. The van der Waals surface area contributed by atoms with Crippen LogP contribution in [0.5, 0.6) is 0 Å². The van der Waals surface area contributed by atoms with Crippen molar-refractivity contribution in [1.29, 1.82) is 0 Å². The summed E-state index contributed by atoms with van der Waals surface area (Å²) < 4.78 is 20.5. The van der Waals surface area contributed by atoms with Crippen LogP contribution in [0.2, 0.25) is 18.1 Å². The number of H-pyrrole nitrogens is 1. The first-order chi connectivity index (χ1) is 11.1. The summed E-state index contributed by atoms with van der Waals surface area (Å²) in [6.45, 7) is 11.7. The van der Waals surface area contributed by atoms with Crippen molar-refractivity contribution in [2.75, 3.05) is 6.61 Å². The maximum absolute atomic E-state index is 14.1. The molecule has 0 spiro atoms. The van der Waals surface area contributed by atoms with E-state index >= 15 is 0 Å². The highest BCUT2D eigenvalue weighted by Crippen LogP contribution is 2.40. The summed E-state index contributed by atoms with van der Waals surface area (Å²) in [7, 11) is -1.85. The zero-order valence-corrected chi connectivity index (χ0v) is 16.1. The van der Waals surface area contributed by atoms with Crippen molar-refractivity contribution in [3.63, 3.8) is 0 Å². The molecule has 0 aliphatic heterocycles. The summed E-state index contributed by atoms with van der Waals surface area (Å²) in [6, 6.07) is 5.00. The van der Waals surface area contributed by atoms with Gasteiger partial charge in [-0.05, 0) is 42.6 Å². The third-order valence-corrected chi connectivity index (χ3v) is 10.2. The van der Waals surface area contributed by atoms with Crippen LogP contribution in [-0.2, 0) is 10.8 Å². The average molecular weight is 348 g/mol. The Bertz CT molecular complexity index is 836. The van der Waals surface area contributed by atoms with E-state index in [1.807, 2.05) is 6.07 Å². The van der Waals surface area contributed by atoms with Crippen LogP contribution < -0.4 is 5.56 Å². The molecule has 130 valence electrons. The third-order valence-electron chi connectivity index (χ3n) is 5.74. The highest BCUT2D eigenvalue weighted by molar-refractivity contribution is 6.74. The Labute approximate surface area is 143 Å². The van der Waals surface area contributed by atoms with Gasteiger partial charge < -0.3 is 9.41 Å². The third kappa shape index (κ3) is 2.84. The van der Waals surface area contributed by atoms with E-state index in [0.717, 1.165) is 29.4 Å². The monoisotopic (exact) mass is 347 g/mol. The van der Waals surface area contributed by atoms with Crippen LogP contribution in [0, 0.1) is 5.82 Å². The van der Waals surface area contributed by atoms with Crippen molar-refractivity contribution in [3.05, 3.63) is 45.5 Å². The molecule has 5 heteroatoms. The van der Waals surface area contributed by atoms with E-state index in [2.05, 4.69) is 38.8 Å². The van der Waals surface area contributed by atoms with Crippen molar-refractivity contribution in [3.8, 4) is 0 Å². The van der Waals surface area contributed by atoms with E-state index < -0.39 is 8.32 Å². The highest BCUT2D eigenvalue weighted by atomic mass is 28.4. The molecule has 3 rings (SSSR count). The maximum Gasteiger partial charge on any atom is 0.251 e. The lowest BCUT2D eigenvalue weighted by molar-refractivity contribution is 0.262. The number of halogens is 1. The van der Waals surface area contributed by atoms with Crippen LogP contribution in [0.25, 0.3) is 10.9 Å². The van der Waals surface area contributed by atoms with Crippen molar-refractivity contribution < 1.29 is 8.82 Å². The summed E-state index contributed by atoms with van der Waals surface area (Å²) in [6.07, 6.45) is 1.63. The fourth-order valence-corrected chi connectivity index (χ4v) is 4.27. The molecule has 1 N–H and O–H groups in total. The summed E-state index contributed by atoms with van der Waals surface area (Å²) in [5.74, 6) is -0.205. The Morgan fingerprint density at radius 1 is 1.33 bits per heavy atom. The number of pyridine rings is 1. The standard InChI is InChI=1S/C19H26FNO2Si/c1-19(2,3)24(4,5)23-11-12-9-10-14-16(12)13-7-6-8-15(20)17(13)21-18(14)22/h6-8,12H,9-11H2,1-5H3,(H,21,22). The second-order valence-electron chi connectivity index (χ2n) is 8.32. The molecule has 2 aromatic rings. The number of aromatic nitrogens is 1. The van der Waals surface area contributed by atoms with Gasteiger partial charge in [0, 0.05) is 23.5 Å². The highest BCUT2D eigenvalue weighted by Gasteiger charge is 2.38. The Kier molecular flexibility index (Phi) is 4.20. The van der Waals surface area contributed by atoms with Crippen LogP contribution in [0.4, 0.5) is 4.39 Å². The molecule has 0 fully saturated rings. The number of hydrogen-bond acceptors (Lipinski definition) is 2. The zero-order valence-electron chi connectivity index (χ0n) is 15.1. The normalized spacial score (nSPS) is 18.2. The molecule has 1 unspecified atom stereocenters. The molecule has 1 aliphatic rings. The molecular weight excluding hydrogens is 321 g/mol. The van der Waals surface area contributed by atoms with Crippen molar-refractivity contribution in [2.24, 2.45) is 0 Å². The van der Waals surface area contributed by atoms with E-state index in [0.29, 0.717) is 12.1 Å². The number of rotatable bonds is 3. The molecular formula is C19H26FNO2Si. The molecule has 0 amide bonds. The summed E-state index contributed by atoms with van der Waals surface area (Å²) in [4.78, 5) is 15.0. The Balaban J connectivity index is 1.99. The molecule has 1 atom stereocenters. The molecule has 1 heterocycles. The molecule has 1 aromatic carbocycles. The van der Waals surface area contributed by atoms with Gasteiger partial charge in [0.05, 0.1) is 5.52 Å². The zero-order chi connectivity index (χ0) is 17.7. The first-order valence-corrected chi connectivity index (χ1v) is 11.5. The molecule has 0 saturated carbocycles. The fourth-order valence-electron chi connectivity index (χ4n) is 3.22. The van der Waals surface area contributed by atoms with E-state index in [4.69, 9.17) is 4.43 Å². The second-order valence-corrected chi connectivity index (χ2v) is 13.1. The maximum atomic E-state index is 14.1. The van der Waals surface area contributed by atoms with Gasteiger partial charge in [-0.15, -0.1) is 0 Å². The predicted molar refractivity (Wildman–Crippen MR) is 98.7 cm³/mol. The Morgan fingerprint density at radius 3 is 2.71 bits per heavy atom. The van der Waals surface area contributed by atoms with Gasteiger partial charge in [0.2, 0.25) is 0 Å². The number of fused-ring (bicyclic) bond motifs is 3. The van der Waals surface area contributed by atoms with Crippen molar-refractivity contribution >= 4 is 19.2 Å². The lowest BCUT2D eigenvalue weighted by atomic mass is 9.98.